The smallest absolute Gasteiger partial charge is 0.312 e. The Bertz CT molecular complexity index is 627. The second-order valence-electron chi connectivity index (χ2n) is 7.95. The first-order chi connectivity index (χ1) is 12.8. The Labute approximate surface area is 163 Å². The highest BCUT2D eigenvalue weighted by Gasteiger charge is 2.30. The molecule has 0 N–H and O–H groups in total. The number of carbonyl (C=O) groups is 2. The molecule has 0 unspecified atom stereocenters. The van der Waals surface area contributed by atoms with Gasteiger partial charge in [-0.15, -0.1) is 0 Å². The minimum Gasteiger partial charge on any atom is -0.495 e. The lowest BCUT2D eigenvalue weighted by atomic mass is 10.1. The zero-order chi connectivity index (χ0) is 20.0. The molecule has 2 amide bonds. The van der Waals surface area contributed by atoms with Crippen molar-refractivity contribution in [2.45, 2.75) is 27.7 Å². The lowest BCUT2D eigenvalue weighted by Crippen LogP contribution is -2.54. The molecular weight excluding hydrogens is 342 g/mol. The summed E-state index contributed by atoms with van der Waals surface area (Å²) in [5, 5.41) is 0. The van der Waals surface area contributed by atoms with Crippen LogP contribution in [0, 0.1) is 11.8 Å². The second kappa shape index (κ2) is 9.62. The van der Waals surface area contributed by atoms with Crippen LogP contribution in [0.4, 0.5) is 5.69 Å². The van der Waals surface area contributed by atoms with Gasteiger partial charge >= 0.3 is 11.8 Å². The SMILES string of the molecule is COc1ccccc1N1CCN(C(=O)C(=O)N(CC(C)C)CC(C)C)CC1. The second-order valence-corrected chi connectivity index (χ2v) is 7.95. The molecule has 0 spiro atoms. The van der Waals surface area contributed by atoms with E-state index in [9.17, 15) is 9.59 Å². The van der Waals surface area contributed by atoms with E-state index in [1.807, 2.05) is 24.3 Å². The van der Waals surface area contributed by atoms with Crippen LogP contribution in [-0.2, 0) is 9.59 Å². The van der Waals surface area contributed by atoms with Crippen molar-refractivity contribution in [1.82, 2.24) is 9.80 Å². The van der Waals surface area contributed by atoms with Crippen molar-refractivity contribution in [2.75, 3.05) is 51.3 Å². The molecule has 1 fully saturated rings. The van der Waals surface area contributed by atoms with Gasteiger partial charge in [-0.3, -0.25) is 9.59 Å². The quantitative estimate of drug-likeness (QED) is 0.717. The van der Waals surface area contributed by atoms with Crippen molar-refractivity contribution < 1.29 is 14.3 Å². The van der Waals surface area contributed by atoms with Crippen LogP contribution in [0.5, 0.6) is 5.75 Å². The number of methoxy groups -OCH3 is 1. The summed E-state index contributed by atoms with van der Waals surface area (Å²) in [6.07, 6.45) is 0. The Balaban J connectivity index is 1.99. The van der Waals surface area contributed by atoms with E-state index in [1.165, 1.54) is 0 Å². The predicted octanol–water partition coefficient (Wildman–Crippen LogP) is 2.48. The first-order valence-electron chi connectivity index (χ1n) is 9.79. The summed E-state index contributed by atoms with van der Waals surface area (Å²) >= 11 is 0. The van der Waals surface area contributed by atoms with Crippen LogP contribution in [0.25, 0.3) is 0 Å². The average Bonchev–Trinajstić information content (AvgIpc) is 2.65. The number of benzene rings is 1. The van der Waals surface area contributed by atoms with Crippen molar-refractivity contribution in [3.05, 3.63) is 24.3 Å². The average molecular weight is 376 g/mol. The zero-order valence-electron chi connectivity index (χ0n) is 17.3. The number of piperazine rings is 1. The van der Waals surface area contributed by atoms with Crippen molar-refractivity contribution in [3.63, 3.8) is 0 Å². The van der Waals surface area contributed by atoms with Crippen LogP contribution < -0.4 is 9.64 Å². The molecule has 0 radical (unpaired) electrons. The summed E-state index contributed by atoms with van der Waals surface area (Å²) in [6.45, 7) is 12.0. The van der Waals surface area contributed by atoms with Gasteiger partial charge in [0.05, 0.1) is 12.8 Å². The number of hydrogen-bond donors (Lipinski definition) is 0. The van der Waals surface area contributed by atoms with Crippen LogP contribution in [-0.4, -0.2) is 68.0 Å². The number of hydrogen-bond acceptors (Lipinski definition) is 4. The fraction of sp³-hybridized carbons (Fsp3) is 0.619. The molecule has 1 saturated heterocycles. The van der Waals surface area contributed by atoms with Crippen molar-refractivity contribution >= 4 is 17.5 Å². The predicted molar refractivity (Wildman–Crippen MR) is 108 cm³/mol. The number of para-hydroxylation sites is 2. The topological polar surface area (TPSA) is 53.1 Å². The molecule has 6 nitrogen and oxygen atoms in total. The van der Waals surface area contributed by atoms with Gasteiger partial charge < -0.3 is 19.4 Å². The summed E-state index contributed by atoms with van der Waals surface area (Å²) in [5.74, 6) is 0.748. The lowest BCUT2D eigenvalue weighted by molar-refractivity contribution is -0.152. The molecule has 150 valence electrons. The third kappa shape index (κ3) is 5.62. The normalized spacial score (nSPS) is 14.6. The highest BCUT2D eigenvalue weighted by molar-refractivity contribution is 6.34. The summed E-state index contributed by atoms with van der Waals surface area (Å²) < 4.78 is 5.43. The van der Waals surface area contributed by atoms with Gasteiger partial charge in [-0.25, -0.2) is 0 Å². The van der Waals surface area contributed by atoms with Crippen molar-refractivity contribution in [1.29, 1.82) is 0 Å². The molecule has 0 atom stereocenters. The number of rotatable bonds is 6. The van der Waals surface area contributed by atoms with E-state index in [0.29, 0.717) is 51.1 Å². The molecule has 1 heterocycles. The van der Waals surface area contributed by atoms with Crippen LogP contribution in [0.15, 0.2) is 24.3 Å². The van der Waals surface area contributed by atoms with Gasteiger partial charge in [-0.05, 0) is 24.0 Å². The van der Waals surface area contributed by atoms with Crippen molar-refractivity contribution in [3.8, 4) is 5.75 Å². The summed E-state index contributed by atoms with van der Waals surface area (Å²) in [7, 11) is 1.66. The Kier molecular flexibility index (Phi) is 7.51. The maximum atomic E-state index is 12.8. The van der Waals surface area contributed by atoms with E-state index in [1.54, 1.807) is 16.9 Å². The number of carbonyl (C=O) groups excluding carboxylic acids is 2. The highest BCUT2D eigenvalue weighted by Crippen LogP contribution is 2.28. The summed E-state index contributed by atoms with van der Waals surface area (Å²) in [4.78, 5) is 31.1. The van der Waals surface area contributed by atoms with Crippen LogP contribution in [0.3, 0.4) is 0 Å². The molecule has 6 heteroatoms. The van der Waals surface area contributed by atoms with Crippen LogP contribution >= 0.6 is 0 Å². The molecule has 27 heavy (non-hydrogen) atoms. The third-order valence-electron chi connectivity index (χ3n) is 4.63. The standard InChI is InChI=1S/C21H33N3O3/c1-16(2)14-24(15-17(3)4)21(26)20(25)23-12-10-22(11-13-23)18-8-6-7-9-19(18)27-5/h6-9,16-17H,10-15H2,1-5H3. The molecule has 0 saturated carbocycles. The Hall–Kier alpha value is -2.24. The molecule has 0 aromatic heterocycles. The Morgan fingerprint density at radius 3 is 2.07 bits per heavy atom. The Morgan fingerprint density at radius 1 is 1.00 bits per heavy atom. The van der Waals surface area contributed by atoms with E-state index in [4.69, 9.17) is 4.74 Å². The molecule has 0 bridgehead atoms. The van der Waals surface area contributed by atoms with E-state index >= 15 is 0 Å². The number of anilines is 1. The molecule has 1 aromatic rings. The fourth-order valence-electron chi connectivity index (χ4n) is 3.43. The van der Waals surface area contributed by atoms with Gasteiger partial charge in [0.1, 0.15) is 5.75 Å². The first kappa shape index (κ1) is 21.1. The van der Waals surface area contributed by atoms with E-state index in [2.05, 4.69) is 32.6 Å². The van der Waals surface area contributed by atoms with E-state index in [0.717, 1.165) is 11.4 Å². The van der Waals surface area contributed by atoms with E-state index < -0.39 is 0 Å². The van der Waals surface area contributed by atoms with Crippen LogP contribution in [0.2, 0.25) is 0 Å². The number of ether oxygens (including phenoxy) is 1. The Morgan fingerprint density at radius 2 is 1.56 bits per heavy atom. The summed E-state index contributed by atoms with van der Waals surface area (Å²) in [6, 6.07) is 7.88. The van der Waals surface area contributed by atoms with Gasteiger partial charge in [0.15, 0.2) is 0 Å². The molecule has 1 aliphatic rings. The van der Waals surface area contributed by atoms with Gasteiger partial charge in [-0.2, -0.15) is 0 Å². The molecule has 2 rings (SSSR count). The fourth-order valence-corrected chi connectivity index (χ4v) is 3.43. The van der Waals surface area contributed by atoms with Crippen LogP contribution in [0.1, 0.15) is 27.7 Å². The molecule has 1 aliphatic heterocycles. The maximum absolute atomic E-state index is 12.8. The van der Waals surface area contributed by atoms with E-state index in [-0.39, 0.29) is 11.8 Å². The minimum atomic E-state index is -0.379. The maximum Gasteiger partial charge on any atom is 0.312 e. The minimum absolute atomic E-state index is 0.336. The molecule has 1 aromatic carbocycles. The first-order valence-corrected chi connectivity index (χ1v) is 9.79. The molecule has 0 aliphatic carbocycles. The number of amides is 2. The van der Waals surface area contributed by atoms with Gasteiger partial charge in [0, 0.05) is 39.3 Å². The largest absolute Gasteiger partial charge is 0.495 e. The highest BCUT2D eigenvalue weighted by atomic mass is 16.5. The number of nitrogens with zero attached hydrogens (tertiary/aromatic N) is 3. The zero-order valence-corrected chi connectivity index (χ0v) is 17.3. The third-order valence-corrected chi connectivity index (χ3v) is 4.63. The van der Waals surface area contributed by atoms with Gasteiger partial charge in [-0.1, -0.05) is 39.8 Å². The summed E-state index contributed by atoms with van der Waals surface area (Å²) in [5.41, 5.74) is 1.03. The van der Waals surface area contributed by atoms with Gasteiger partial charge in [0.2, 0.25) is 0 Å². The van der Waals surface area contributed by atoms with Gasteiger partial charge in [0.25, 0.3) is 0 Å². The van der Waals surface area contributed by atoms with Crippen molar-refractivity contribution in [2.24, 2.45) is 11.8 Å². The monoisotopic (exact) mass is 375 g/mol. The lowest BCUT2D eigenvalue weighted by Gasteiger charge is -2.37. The molecular formula is C21H33N3O3.